The summed E-state index contributed by atoms with van der Waals surface area (Å²) in [6.07, 6.45) is 1.83. The highest BCUT2D eigenvalue weighted by Gasteiger charge is 1.99. The summed E-state index contributed by atoms with van der Waals surface area (Å²) in [5.41, 5.74) is 2.10. The van der Waals surface area contributed by atoms with Crippen LogP contribution in [0.5, 0.6) is 0 Å². The second-order valence-electron chi connectivity index (χ2n) is 2.38. The molecule has 1 aromatic heterocycles. The molecule has 10 heavy (non-hydrogen) atoms. The Morgan fingerprint density at radius 1 is 1.50 bits per heavy atom. The van der Waals surface area contributed by atoms with Gasteiger partial charge in [-0.2, -0.15) is 0 Å². The molecule has 1 aromatic rings. The molecule has 0 fully saturated rings. The third-order valence-electron chi connectivity index (χ3n) is 1.34. The van der Waals surface area contributed by atoms with Crippen LogP contribution in [-0.2, 0) is 0 Å². The third kappa shape index (κ3) is 1.71. The van der Waals surface area contributed by atoms with Crippen molar-refractivity contribution in [2.24, 2.45) is 0 Å². The summed E-state index contributed by atoms with van der Waals surface area (Å²) in [7, 11) is 0. The number of hydrogen-bond acceptors (Lipinski definition) is 1. The van der Waals surface area contributed by atoms with Crippen LogP contribution >= 0.6 is 11.6 Å². The lowest BCUT2D eigenvalue weighted by Crippen LogP contribution is -1.88. The number of nitrogens with zero attached hydrogens (tertiary/aromatic N) is 1. The van der Waals surface area contributed by atoms with Crippen molar-refractivity contribution in [1.29, 1.82) is 0 Å². The van der Waals surface area contributed by atoms with E-state index in [0.29, 0.717) is 0 Å². The summed E-state index contributed by atoms with van der Waals surface area (Å²) in [5, 5.41) is 0.0144. The number of alkyl halides is 1. The summed E-state index contributed by atoms with van der Waals surface area (Å²) >= 11 is 5.79. The van der Waals surface area contributed by atoms with Crippen molar-refractivity contribution < 1.29 is 0 Å². The molecule has 1 nitrogen and oxygen atoms in total. The van der Waals surface area contributed by atoms with E-state index in [0.717, 1.165) is 5.69 Å². The van der Waals surface area contributed by atoms with Gasteiger partial charge in [0.25, 0.3) is 0 Å². The van der Waals surface area contributed by atoms with Gasteiger partial charge in [-0.05, 0) is 25.5 Å². The molecule has 0 N–H and O–H groups in total. The fraction of sp³-hybridized carbons (Fsp3) is 0.375. The molecule has 54 valence electrons. The van der Waals surface area contributed by atoms with Crippen molar-refractivity contribution in [2.75, 3.05) is 0 Å². The molecule has 0 aliphatic rings. The molecule has 0 radical (unpaired) electrons. The summed E-state index contributed by atoms with van der Waals surface area (Å²) in [5.74, 6) is 0. The van der Waals surface area contributed by atoms with Crippen LogP contribution in [0.1, 0.15) is 23.6 Å². The smallest absolute Gasteiger partial charge is 0.0729 e. The number of hydrogen-bond donors (Lipinski definition) is 0. The van der Waals surface area contributed by atoms with Crippen LogP contribution in [-0.4, -0.2) is 4.98 Å². The highest BCUT2D eigenvalue weighted by atomic mass is 35.5. The Hall–Kier alpha value is -0.560. The predicted molar refractivity (Wildman–Crippen MR) is 43.2 cm³/mol. The predicted octanol–water partition coefficient (Wildman–Crippen LogP) is 2.69. The van der Waals surface area contributed by atoms with Crippen LogP contribution < -0.4 is 0 Å². The minimum Gasteiger partial charge on any atom is -0.259 e. The first kappa shape index (κ1) is 7.55. The highest BCUT2D eigenvalue weighted by molar-refractivity contribution is 6.20. The van der Waals surface area contributed by atoms with Gasteiger partial charge in [0.15, 0.2) is 0 Å². The molecule has 0 saturated heterocycles. The maximum atomic E-state index is 5.79. The molecule has 0 spiro atoms. The van der Waals surface area contributed by atoms with Crippen LogP contribution in [0.4, 0.5) is 0 Å². The van der Waals surface area contributed by atoms with E-state index in [1.165, 1.54) is 5.56 Å². The van der Waals surface area contributed by atoms with Gasteiger partial charge in [0.05, 0.1) is 11.1 Å². The Morgan fingerprint density at radius 2 is 2.20 bits per heavy atom. The van der Waals surface area contributed by atoms with Crippen molar-refractivity contribution >= 4 is 11.6 Å². The molecule has 0 aliphatic carbocycles. The van der Waals surface area contributed by atoms with Crippen LogP contribution in [0, 0.1) is 6.92 Å². The largest absolute Gasteiger partial charge is 0.259 e. The van der Waals surface area contributed by atoms with Crippen molar-refractivity contribution in [3.63, 3.8) is 0 Å². The van der Waals surface area contributed by atoms with Gasteiger partial charge in [0, 0.05) is 6.20 Å². The Bertz CT molecular complexity index is 203. The lowest BCUT2D eigenvalue weighted by atomic mass is 10.2. The Labute approximate surface area is 66.0 Å². The fourth-order valence-corrected chi connectivity index (χ4v) is 0.844. The second kappa shape index (κ2) is 3.02. The molecule has 0 saturated carbocycles. The second-order valence-corrected chi connectivity index (χ2v) is 3.03. The van der Waals surface area contributed by atoms with Crippen LogP contribution in [0.25, 0.3) is 0 Å². The highest BCUT2D eigenvalue weighted by Crippen LogP contribution is 2.15. The van der Waals surface area contributed by atoms with E-state index >= 15 is 0 Å². The molecular formula is C8H10ClN. The van der Waals surface area contributed by atoms with Crippen LogP contribution in [0.3, 0.4) is 0 Å². The normalized spacial score (nSPS) is 13.1. The summed E-state index contributed by atoms with van der Waals surface area (Å²) in [4.78, 5) is 4.15. The molecular weight excluding hydrogens is 146 g/mol. The Kier molecular flexibility index (Phi) is 2.28. The number of rotatable bonds is 1. The monoisotopic (exact) mass is 155 g/mol. The lowest BCUT2D eigenvalue weighted by molar-refractivity contribution is 0.989. The van der Waals surface area contributed by atoms with Crippen molar-refractivity contribution in [3.05, 3.63) is 29.6 Å². The summed E-state index contributed by atoms with van der Waals surface area (Å²) in [6.45, 7) is 3.93. The van der Waals surface area contributed by atoms with E-state index in [2.05, 4.69) is 4.98 Å². The molecule has 2 heteroatoms. The number of aromatic nitrogens is 1. The fourth-order valence-electron chi connectivity index (χ4n) is 0.715. The van der Waals surface area contributed by atoms with Crippen LogP contribution in [0.15, 0.2) is 18.3 Å². The number of halogens is 1. The first-order valence-corrected chi connectivity index (χ1v) is 3.70. The standard InChI is InChI=1S/C8H10ClN/c1-6-3-4-8(7(2)9)10-5-6/h3-5,7H,1-2H3. The summed E-state index contributed by atoms with van der Waals surface area (Å²) < 4.78 is 0. The van der Waals surface area contributed by atoms with Gasteiger partial charge < -0.3 is 0 Å². The average Bonchev–Trinajstić information content (AvgIpc) is 1.88. The molecule has 1 atom stereocenters. The van der Waals surface area contributed by atoms with Gasteiger partial charge in [-0.15, -0.1) is 11.6 Å². The van der Waals surface area contributed by atoms with Gasteiger partial charge in [-0.25, -0.2) is 0 Å². The lowest BCUT2D eigenvalue weighted by Gasteiger charge is -2.00. The first-order chi connectivity index (χ1) is 4.70. The molecule has 0 bridgehead atoms. The summed E-state index contributed by atoms with van der Waals surface area (Å²) in [6, 6.07) is 3.97. The molecule has 1 rings (SSSR count). The zero-order chi connectivity index (χ0) is 7.56. The quantitative estimate of drug-likeness (QED) is 0.569. The molecule has 0 aromatic carbocycles. The molecule has 1 unspecified atom stereocenters. The van der Waals surface area contributed by atoms with Gasteiger partial charge in [0.2, 0.25) is 0 Å². The van der Waals surface area contributed by atoms with Gasteiger partial charge in [0.1, 0.15) is 0 Å². The zero-order valence-electron chi connectivity index (χ0n) is 6.13. The Morgan fingerprint density at radius 3 is 2.60 bits per heavy atom. The zero-order valence-corrected chi connectivity index (χ0v) is 6.89. The van der Waals surface area contributed by atoms with E-state index in [9.17, 15) is 0 Å². The van der Waals surface area contributed by atoms with Crippen molar-refractivity contribution in [2.45, 2.75) is 19.2 Å². The third-order valence-corrected chi connectivity index (χ3v) is 1.57. The van der Waals surface area contributed by atoms with Gasteiger partial charge in [-0.1, -0.05) is 6.07 Å². The minimum absolute atomic E-state index is 0.0144. The van der Waals surface area contributed by atoms with E-state index in [1.54, 1.807) is 0 Å². The average molecular weight is 156 g/mol. The van der Waals surface area contributed by atoms with E-state index in [4.69, 9.17) is 11.6 Å². The number of pyridine rings is 1. The molecule has 0 amide bonds. The van der Waals surface area contributed by atoms with Crippen LogP contribution in [0.2, 0.25) is 0 Å². The van der Waals surface area contributed by atoms with Crippen molar-refractivity contribution in [3.8, 4) is 0 Å². The number of aryl methyl sites for hydroxylation is 1. The van der Waals surface area contributed by atoms with E-state index < -0.39 is 0 Å². The SMILES string of the molecule is Cc1ccc(C(C)Cl)nc1. The first-order valence-electron chi connectivity index (χ1n) is 3.27. The maximum Gasteiger partial charge on any atom is 0.0729 e. The molecule has 0 aliphatic heterocycles. The molecule has 1 heterocycles. The van der Waals surface area contributed by atoms with Gasteiger partial charge in [-0.3, -0.25) is 4.98 Å². The maximum absolute atomic E-state index is 5.79. The van der Waals surface area contributed by atoms with Crippen molar-refractivity contribution in [1.82, 2.24) is 4.98 Å². The van der Waals surface area contributed by atoms with Gasteiger partial charge >= 0.3 is 0 Å². The topological polar surface area (TPSA) is 12.9 Å². The van der Waals surface area contributed by atoms with E-state index in [-0.39, 0.29) is 5.38 Å². The Balaban J connectivity index is 2.89. The minimum atomic E-state index is 0.0144. The van der Waals surface area contributed by atoms with E-state index in [1.807, 2.05) is 32.2 Å².